The second kappa shape index (κ2) is 8.15. The first-order chi connectivity index (χ1) is 8.67. The van der Waals surface area contributed by atoms with Gasteiger partial charge in [-0.05, 0) is 36.6 Å². The van der Waals surface area contributed by atoms with Gasteiger partial charge in [0, 0.05) is 12.5 Å². The highest BCUT2D eigenvalue weighted by Gasteiger charge is 2.04. The fourth-order valence-corrected chi connectivity index (χ4v) is 1.82. The molecule has 1 aromatic rings. The summed E-state index contributed by atoms with van der Waals surface area (Å²) in [5, 5.41) is 3.34. The molecule has 0 heterocycles. The second-order valence-electron chi connectivity index (χ2n) is 5.10. The van der Waals surface area contributed by atoms with Crippen LogP contribution in [0.2, 0.25) is 0 Å². The molecule has 0 saturated carbocycles. The number of nitrogens with one attached hydrogen (secondary N) is 1. The molecule has 0 radical (unpaired) electrons. The number of benzene rings is 1. The van der Waals surface area contributed by atoms with E-state index in [-0.39, 0.29) is 0 Å². The van der Waals surface area contributed by atoms with Crippen molar-refractivity contribution in [3.63, 3.8) is 0 Å². The van der Waals surface area contributed by atoms with Gasteiger partial charge in [-0.2, -0.15) is 0 Å². The van der Waals surface area contributed by atoms with E-state index in [1.54, 1.807) is 0 Å². The van der Waals surface area contributed by atoms with Crippen LogP contribution in [0.15, 0.2) is 24.3 Å². The largest absolute Gasteiger partial charge is 0.493 e. The predicted octanol–water partition coefficient (Wildman–Crippen LogP) is 3.82. The molecule has 1 rings (SSSR count). The molecule has 18 heavy (non-hydrogen) atoms. The van der Waals surface area contributed by atoms with Crippen molar-refractivity contribution in [3.05, 3.63) is 29.8 Å². The van der Waals surface area contributed by atoms with Crippen molar-refractivity contribution in [1.82, 2.24) is 5.32 Å². The third-order valence-electron chi connectivity index (χ3n) is 3.34. The van der Waals surface area contributed by atoms with E-state index in [0.717, 1.165) is 25.4 Å². The molecule has 0 spiro atoms. The van der Waals surface area contributed by atoms with Gasteiger partial charge in [-0.25, -0.2) is 0 Å². The van der Waals surface area contributed by atoms with Gasteiger partial charge in [-0.1, -0.05) is 39.8 Å². The highest BCUT2D eigenvalue weighted by atomic mass is 16.5. The molecule has 2 nitrogen and oxygen atoms in total. The van der Waals surface area contributed by atoms with E-state index in [4.69, 9.17) is 4.74 Å². The van der Waals surface area contributed by atoms with Crippen LogP contribution >= 0.6 is 0 Å². The number of rotatable bonds is 8. The van der Waals surface area contributed by atoms with Crippen LogP contribution < -0.4 is 10.1 Å². The monoisotopic (exact) mass is 249 g/mol. The van der Waals surface area contributed by atoms with Gasteiger partial charge in [-0.15, -0.1) is 0 Å². The zero-order chi connectivity index (χ0) is 13.4. The van der Waals surface area contributed by atoms with Crippen LogP contribution in [-0.4, -0.2) is 19.7 Å². The van der Waals surface area contributed by atoms with Gasteiger partial charge in [-0.3, -0.25) is 0 Å². The Morgan fingerprint density at radius 1 is 1.11 bits per heavy atom. The lowest BCUT2D eigenvalue weighted by atomic mass is 9.99. The van der Waals surface area contributed by atoms with Crippen LogP contribution in [0.5, 0.6) is 5.75 Å². The molecule has 1 N–H and O–H groups in total. The molecular weight excluding hydrogens is 222 g/mol. The first-order valence-corrected chi connectivity index (χ1v) is 7.10. The van der Waals surface area contributed by atoms with Crippen molar-refractivity contribution < 1.29 is 4.74 Å². The summed E-state index contributed by atoms with van der Waals surface area (Å²) in [6.45, 7) is 11.6. The van der Waals surface area contributed by atoms with E-state index in [1.807, 2.05) is 0 Å². The Hall–Kier alpha value is -1.02. The SMILES string of the molecule is CCNCC(C)COc1ccc(C(C)CC)cc1. The predicted molar refractivity (Wildman–Crippen MR) is 78.4 cm³/mol. The van der Waals surface area contributed by atoms with E-state index in [2.05, 4.69) is 57.3 Å². The van der Waals surface area contributed by atoms with Gasteiger partial charge < -0.3 is 10.1 Å². The molecule has 0 fully saturated rings. The Morgan fingerprint density at radius 2 is 1.78 bits per heavy atom. The maximum absolute atomic E-state index is 5.79. The van der Waals surface area contributed by atoms with Crippen LogP contribution in [0.4, 0.5) is 0 Å². The van der Waals surface area contributed by atoms with Crippen molar-refractivity contribution in [2.24, 2.45) is 5.92 Å². The van der Waals surface area contributed by atoms with Crippen LogP contribution in [0.3, 0.4) is 0 Å². The fourth-order valence-electron chi connectivity index (χ4n) is 1.82. The molecule has 102 valence electrons. The van der Waals surface area contributed by atoms with Crippen LogP contribution in [0.1, 0.15) is 45.6 Å². The summed E-state index contributed by atoms with van der Waals surface area (Å²) >= 11 is 0. The summed E-state index contributed by atoms with van der Waals surface area (Å²) in [5.74, 6) is 2.15. The summed E-state index contributed by atoms with van der Waals surface area (Å²) < 4.78 is 5.79. The lowest BCUT2D eigenvalue weighted by Gasteiger charge is -2.14. The molecule has 0 bridgehead atoms. The van der Waals surface area contributed by atoms with Crippen molar-refractivity contribution in [1.29, 1.82) is 0 Å². The Bertz CT molecular complexity index is 320. The molecule has 0 saturated heterocycles. The van der Waals surface area contributed by atoms with E-state index < -0.39 is 0 Å². The molecule has 2 unspecified atom stereocenters. The van der Waals surface area contributed by atoms with Gasteiger partial charge in [0.1, 0.15) is 5.75 Å². The first kappa shape index (κ1) is 15.0. The van der Waals surface area contributed by atoms with Crippen LogP contribution in [0, 0.1) is 5.92 Å². The zero-order valence-corrected chi connectivity index (χ0v) is 12.2. The van der Waals surface area contributed by atoms with Gasteiger partial charge in [0.05, 0.1) is 6.61 Å². The Labute approximate surface area is 112 Å². The highest BCUT2D eigenvalue weighted by Crippen LogP contribution is 2.21. The summed E-state index contributed by atoms with van der Waals surface area (Å²) in [5.41, 5.74) is 1.39. The number of hydrogen-bond donors (Lipinski definition) is 1. The average Bonchev–Trinajstić information content (AvgIpc) is 2.42. The topological polar surface area (TPSA) is 21.3 Å². The molecule has 0 aliphatic carbocycles. The average molecular weight is 249 g/mol. The summed E-state index contributed by atoms with van der Waals surface area (Å²) in [7, 11) is 0. The third kappa shape index (κ3) is 5.09. The van der Waals surface area contributed by atoms with Gasteiger partial charge in [0.15, 0.2) is 0 Å². The van der Waals surface area contributed by atoms with E-state index in [9.17, 15) is 0 Å². The smallest absolute Gasteiger partial charge is 0.119 e. The first-order valence-electron chi connectivity index (χ1n) is 7.10. The number of ether oxygens (including phenoxy) is 1. The Balaban J connectivity index is 2.39. The van der Waals surface area contributed by atoms with Crippen LogP contribution in [-0.2, 0) is 0 Å². The van der Waals surface area contributed by atoms with Gasteiger partial charge >= 0.3 is 0 Å². The minimum atomic E-state index is 0.541. The van der Waals surface area contributed by atoms with Gasteiger partial charge in [0.2, 0.25) is 0 Å². The molecular formula is C16H27NO. The maximum atomic E-state index is 5.79. The van der Waals surface area contributed by atoms with Crippen molar-refractivity contribution >= 4 is 0 Å². The highest BCUT2D eigenvalue weighted by molar-refractivity contribution is 5.29. The van der Waals surface area contributed by atoms with E-state index in [0.29, 0.717) is 11.8 Å². The minimum absolute atomic E-state index is 0.541. The van der Waals surface area contributed by atoms with Crippen molar-refractivity contribution in [3.8, 4) is 5.75 Å². The lowest BCUT2D eigenvalue weighted by molar-refractivity contribution is 0.256. The second-order valence-corrected chi connectivity index (χ2v) is 5.10. The maximum Gasteiger partial charge on any atom is 0.119 e. The molecule has 2 atom stereocenters. The minimum Gasteiger partial charge on any atom is -0.493 e. The zero-order valence-electron chi connectivity index (χ0n) is 12.2. The quantitative estimate of drug-likeness (QED) is 0.756. The fraction of sp³-hybridized carbons (Fsp3) is 0.625. The van der Waals surface area contributed by atoms with Crippen LogP contribution in [0.25, 0.3) is 0 Å². The number of hydrogen-bond acceptors (Lipinski definition) is 2. The normalized spacial score (nSPS) is 14.2. The summed E-state index contributed by atoms with van der Waals surface area (Å²) in [6, 6.07) is 8.53. The van der Waals surface area contributed by atoms with Crippen molar-refractivity contribution in [2.75, 3.05) is 19.7 Å². The standard InChI is InChI=1S/C16H27NO/c1-5-14(4)15-7-9-16(10-8-15)18-12-13(3)11-17-6-2/h7-10,13-14,17H,5-6,11-12H2,1-4H3. The summed E-state index contributed by atoms with van der Waals surface area (Å²) in [4.78, 5) is 0. The van der Waals surface area contributed by atoms with Crippen molar-refractivity contribution in [2.45, 2.75) is 40.0 Å². The molecule has 1 aromatic carbocycles. The summed E-state index contributed by atoms with van der Waals surface area (Å²) in [6.07, 6.45) is 1.18. The van der Waals surface area contributed by atoms with E-state index >= 15 is 0 Å². The van der Waals surface area contributed by atoms with E-state index in [1.165, 1.54) is 12.0 Å². The molecule has 0 amide bonds. The molecule has 0 aliphatic heterocycles. The molecule has 0 aromatic heterocycles. The molecule has 2 heteroatoms. The lowest BCUT2D eigenvalue weighted by Crippen LogP contribution is -2.24. The Kier molecular flexibility index (Phi) is 6.81. The molecule has 0 aliphatic rings. The Morgan fingerprint density at radius 3 is 2.33 bits per heavy atom. The third-order valence-corrected chi connectivity index (χ3v) is 3.34. The van der Waals surface area contributed by atoms with Gasteiger partial charge in [0.25, 0.3) is 0 Å².